The van der Waals surface area contributed by atoms with Crippen LogP contribution in [0.15, 0.2) is 36.4 Å². The molecule has 1 aromatic carbocycles. The number of halogens is 1. The SMILES string of the molecule is Cc1cc(C(=O)N2CCNCC2)nn1-c1ccccc1.Cl. The molecule has 2 aromatic rings. The first-order chi connectivity index (χ1) is 9.75. The van der Waals surface area contributed by atoms with Crippen LogP contribution in [0.5, 0.6) is 0 Å². The minimum atomic E-state index is 0. The fourth-order valence-electron chi connectivity index (χ4n) is 2.44. The quantitative estimate of drug-likeness (QED) is 0.918. The fourth-order valence-corrected chi connectivity index (χ4v) is 2.44. The summed E-state index contributed by atoms with van der Waals surface area (Å²) in [6.45, 7) is 5.16. The number of aromatic nitrogens is 2. The van der Waals surface area contributed by atoms with Crippen LogP contribution >= 0.6 is 12.4 Å². The molecule has 21 heavy (non-hydrogen) atoms. The molecule has 0 radical (unpaired) electrons. The van der Waals surface area contributed by atoms with Crippen molar-refractivity contribution in [3.05, 3.63) is 47.8 Å². The minimum Gasteiger partial charge on any atom is -0.335 e. The Morgan fingerprint density at radius 1 is 1.19 bits per heavy atom. The van der Waals surface area contributed by atoms with Crippen LogP contribution in [0, 0.1) is 6.92 Å². The van der Waals surface area contributed by atoms with Crippen molar-refractivity contribution in [3.63, 3.8) is 0 Å². The van der Waals surface area contributed by atoms with Crippen LogP contribution in [0.3, 0.4) is 0 Å². The first-order valence-electron chi connectivity index (χ1n) is 6.88. The first-order valence-corrected chi connectivity index (χ1v) is 6.88. The molecule has 1 saturated heterocycles. The summed E-state index contributed by atoms with van der Waals surface area (Å²) >= 11 is 0. The van der Waals surface area contributed by atoms with E-state index in [0.29, 0.717) is 5.69 Å². The molecule has 1 aliphatic heterocycles. The molecule has 2 heterocycles. The second kappa shape index (κ2) is 6.74. The summed E-state index contributed by atoms with van der Waals surface area (Å²) in [5, 5.41) is 7.70. The molecule has 1 aliphatic rings. The van der Waals surface area contributed by atoms with Gasteiger partial charge in [0.15, 0.2) is 5.69 Å². The van der Waals surface area contributed by atoms with Gasteiger partial charge < -0.3 is 10.2 Å². The molecular formula is C15H19ClN4O. The predicted molar refractivity (Wildman–Crippen MR) is 84.3 cm³/mol. The van der Waals surface area contributed by atoms with Gasteiger partial charge in [-0.3, -0.25) is 4.79 Å². The number of piperazine rings is 1. The van der Waals surface area contributed by atoms with Gasteiger partial charge in [0.05, 0.1) is 5.69 Å². The smallest absolute Gasteiger partial charge is 0.274 e. The lowest BCUT2D eigenvalue weighted by atomic mass is 10.3. The highest BCUT2D eigenvalue weighted by Gasteiger charge is 2.21. The van der Waals surface area contributed by atoms with Gasteiger partial charge >= 0.3 is 0 Å². The third kappa shape index (κ3) is 3.25. The van der Waals surface area contributed by atoms with E-state index in [-0.39, 0.29) is 18.3 Å². The molecule has 1 fully saturated rings. The molecule has 0 unspecified atom stereocenters. The molecule has 1 amide bonds. The summed E-state index contributed by atoms with van der Waals surface area (Å²) in [6.07, 6.45) is 0. The molecule has 0 aliphatic carbocycles. The zero-order valence-corrected chi connectivity index (χ0v) is 12.8. The molecule has 5 nitrogen and oxygen atoms in total. The summed E-state index contributed by atoms with van der Waals surface area (Å²) in [4.78, 5) is 14.3. The molecule has 112 valence electrons. The number of rotatable bonds is 2. The molecule has 1 aromatic heterocycles. The van der Waals surface area contributed by atoms with Crippen molar-refractivity contribution < 1.29 is 4.79 Å². The third-order valence-electron chi connectivity index (χ3n) is 3.51. The van der Waals surface area contributed by atoms with Crippen LogP contribution in [0.4, 0.5) is 0 Å². The number of carbonyl (C=O) groups excluding carboxylic acids is 1. The van der Waals surface area contributed by atoms with Crippen molar-refractivity contribution in [1.29, 1.82) is 0 Å². The van der Waals surface area contributed by atoms with Crippen molar-refractivity contribution >= 4 is 18.3 Å². The number of para-hydroxylation sites is 1. The second-order valence-corrected chi connectivity index (χ2v) is 4.96. The molecule has 6 heteroatoms. The Balaban J connectivity index is 0.00000161. The van der Waals surface area contributed by atoms with E-state index >= 15 is 0 Å². The van der Waals surface area contributed by atoms with Crippen LogP contribution in [0.25, 0.3) is 5.69 Å². The minimum absolute atomic E-state index is 0. The van der Waals surface area contributed by atoms with Gasteiger partial charge in [0, 0.05) is 31.9 Å². The summed E-state index contributed by atoms with van der Waals surface area (Å²) < 4.78 is 1.81. The van der Waals surface area contributed by atoms with Crippen molar-refractivity contribution in [1.82, 2.24) is 20.0 Å². The lowest BCUT2D eigenvalue weighted by Crippen LogP contribution is -2.46. The molecule has 3 rings (SSSR count). The Labute approximate surface area is 130 Å². The molecule has 0 spiro atoms. The van der Waals surface area contributed by atoms with E-state index < -0.39 is 0 Å². The molecular weight excluding hydrogens is 288 g/mol. The van der Waals surface area contributed by atoms with Crippen molar-refractivity contribution in [2.24, 2.45) is 0 Å². The second-order valence-electron chi connectivity index (χ2n) is 4.96. The van der Waals surface area contributed by atoms with E-state index in [2.05, 4.69) is 10.4 Å². The van der Waals surface area contributed by atoms with E-state index in [1.807, 2.05) is 52.9 Å². The van der Waals surface area contributed by atoms with E-state index in [1.54, 1.807) is 0 Å². The summed E-state index contributed by atoms with van der Waals surface area (Å²) in [7, 11) is 0. The van der Waals surface area contributed by atoms with Crippen LogP contribution < -0.4 is 5.32 Å². The topological polar surface area (TPSA) is 50.2 Å². The van der Waals surface area contributed by atoms with Gasteiger partial charge in [-0.1, -0.05) is 18.2 Å². The Hall–Kier alpha value is -1.85. The highest BCUT2D eigenvalue weighted by atomic mass is 35.5. The zero-order chi connectivity index (χ0) is 13.9. The maximum absolute atomic E-state index is 12.4. The van der Waals surface area contributed by atoms with Crippen molar-refractivity contribution in [2.75, 3.05) is 26.2 Å². The predicted octanol–water partition coefficient (Wildman–Crippen LogP) is 1.65. The van der Waals surface area contributed by atoms with Gasteiger partial charge in [0.2, 0.25) is 0 Å². The van der Waals surface area contributed by atoms with Crippen molar-refractivity contribution in [2.45, 2.75) is 6.92 Å². The van der Waals surface area contributed by atoms with E-state index in [1.165, 1.54) is 0 Å². The monoisotopic (exact) mass is 306 g/mol. The van der Waals surface area contributed by atoms with Crippen LogP contribution in [-0.2, 0) is 0 Å². The van der Waals surface area contributed by atoms with Gasteiger partial charge in [0.1, 0.15) is 0 Å². The summed E-state index contributed by atoms with van der Waals surface area (Å²) in [5.74, 6) is 0.0179. The van der Waals surface area contributed by atoms with Crippen LogP contribution in [0.1, 0.15) is 16.2 Å². The first kappa shape index (κ1) is 15.5. The Bertz CT molecular complexity index is 605. The molecule has 1 N–H and O–H groups in total. The normalized spacial score (nSPS) is 14.6. The number of benzene rings is 1. The summed E-state index contributed by atoms with van der Waals surface area (Å²) in [5.41, 5.74) is 2.47. The third-order valence-corrected chi connectivity index (χ3v) is 3.51. The van der Waals surface area contributed by atoms with Crippen LogP contribution in [-0.4, -0.2) is 46.8 Å². The van der Waals surface area contributed by atoms with Gasteiger partial charge in [-0.15, -0.1) is 12.4 Å². The van der Waals surface area contributed by atoms with E-state index in [0.717, 1.165) is 37.6 Å². The number of amides is 1. The number of hydrogen-bond acceptors (Lipinski definition) is 3. The number of nitrogens with one attached hydrogen (secondary N) is 1. The highest BCUT2D eigenvalue weighted by Crippen LogP contribution is 2.13. The maximum Gasteiger partial charge on any atom is 0.274 e. The molecule has 0 atom stereocenters. The Morgan fingerprint density at radius 3 is 2.52 bits per heavy atom. The van der Waals surface area contributed by atoms with Gasteiger partial charge in [0.25, 0.3) is 5.91 Å². The average Bonchev–Trinajstić information content (AvgIpc) is 2.90. The lowest BCUT2D eigenvalue weighted by molar-refractivity contribution is 0.0729. The average molecular weight is 307 g/mol. The van der Waals surface area contributed by atoms with Gasteiger partial charge in [-0.25, -0.2) is 4.68 Å². The number of carbonyl (C=O) groups is 1. The number of hydrogen-bond donors (Lipinski definition) is 1. The molecule has 0 bridgehead atoms. The Morgan fingerprint density at radius 2 is 1.86 bits per heavy atom. The zero-order valence-electron chi connectivity index (χ0n) is 12.0. The molecule has 0 saturated carbocycles. The van der Waals surface area contributed by atoms with Crippen LogP contribution in [0.2, 0.25) is 0 Å². The fraction of sp³-hybridized carbons (Fsp3) is 0.333. The standard InChI is InChI=1S/C15H18N4O.ClH/c1-12-11-14(15(20)18-9-7-16-8-10-18)17-19(12)13-5-3-2-4-6-13;/h2-6,11,16H,7-10H2,1H3;1H. The number of aryl methyl sites for hydroxylation is 1. The largest absolute Gasteiger partial charge is 0.335 e. The highest BCUT2D eigenvalue weighted by molar-refractivity contribution is 5.92. The van der Waals surface area contributed by atoms with Gasteiger partial charge in [-0.2, -0.15) is 5.10 Å². The maximum atomic E-state index is 12.4. The number of nitrogens with zero attached hydrogens (tertiary/aromatic N) is 3. The van der Waals surface area contributed by atoms with Gasteiger partial charge in [-0.05, 0) is 25.1 Å². The van der Waals surface area contributed by atoms with Crippen molar-refractivity contribution in [3.8, 4) is 5.69 Å². The van der Waals surface area contributed by atoms with E-state index in [4.69, 9.17) is 0 Å². The summed E-state index contributed by atoms with van der Waals surface area (Å²) in [6, 6.07) is 11.7. The van der Waals surface area contributed by atoms with E-state index in [9.17, 15) is 4.79 Å². The lowest BCUT2D eigenvalue weighted by Gasteiger charge is -2.26. The Kier molecular flexibility index (Phi) is 4.98.